The Balaban J connectivity index is 3.24. The molecule has 2 unspecified atom stereocenters. The van der Waals surface area contributed by atoms with Crippen LogP contribution in [0.4, 0.5) is 8.78 Å². The Morgan fingerprint density at radius 3 is 2.35 bits per heavy atom. The summed E-state index contributed by atoms with van der Waals surface area (Å²) in [5, 5.41) is 27.4. The maximum Gasteiger partial charge on any atom is 0.338 e. The van der Waals surface area contributed by atoms with E-state index in [1.54, 1.807) is 0 Å². The number of carbonyl (C=O) groups is 1. The summed E-state index contributed by atoms with van der Waals surface area (Å²) in [5.74, 6) is -4.11. The van der Waals surface area contributed by atoms with E-state index in [9.17, 15) is 23.8 Å². The van der Waals surface area contributed by atoms with Crippen LogP contribution in [0.5, 0.6) is 0 Å². The van der Waals surface area contributed by atoms with Gasteiger partial charge in [0.15, 0.2) is 0 Å². The van der Waals surface area contributed by atoms with Crippen LogP contribution in [0.2, 0.25) is 0 Å². The lowest BCUT2D eigenvalue weighted by Crippen LogP contribution is -2.21. The van der Waals surface area contributed by atoms with Crippen LogP contribution in [-0.2, 0) is 0 Å². The predicted octanol–water partition coefficient (Wildman–Crippen LogP) is 0.987. The van der Waals surface area contributed by atoms with Crippen LogP contribution in [0.25, 0.3) is 0 Å². The number of aliphatic hydroxyl groups excluding tert-OH is 2. The first kappa shape index (κ1) is 13.9. The van der Waals surface area contributed by atoms with Crippen LogP contribution < -0.4 is 0 Å². The van der Waals surface area contributed by atoms with E-state index >= 15 is 0 Å². The number of halogens is 2. The Morgan fingerprint density at radius 2 is 1.88 bits per heavy atom. The van der Waals surface area contributed by atoms with Crippen LogP contribution >= 0.6 is 12.6 Å². The molecule has 0 fully saturated rings. The van der Waals surface area contributed by atoms with Crippen molar-refractivity contribution in [2.75, 3.05) is 5.75 Å². The summed E-state index contributed by atoms with van der Waals surface area (Å²) in [4.78, 5) is 10.6. The molecule has 0 radical (unpaired) electrons. The van der Waals surface area contributed by atoms with Crippen molar-refractivity contribution in [3.05, 3.63) is 34.9 Å². The molecule has 0 aliphatic rings. The summed E-state index contributed by atoms with van der Waals surface area (Å²) in [6.45, 7) is 0. The average molecular weight is 264 g/mol. The number of hydrogen-bond acceptors (Lipinski definition) is 4. The molecule has 0 saturated heterocycles. The highest BCUT2D eigenvalue weighted by atomic mass is 32.1. The molecule has 3 N–H and O–H groups in total. The van der Waals surface area contributed by atoms with Crippen LogP contribution in [-0.4, -0.2) is 33.1 Å². The summed E-state index contributed by atoms with van der Waals surface area (Å²) in [5.41, 5.74) is -1.25. The third-order valence-electron chi connectivity index (χ3n) is 2.19. The lowest BCUT2D eigenvalue weighted by atomic mass is 10.0. The van der Waals surface area contributed by atoms with E-state index in [0.717, 1.165) is 0 Å². The van der Waals surface area contributed by atoms with Crippen LogP contribution in [0.3, 0.4) is 0 Å². The third-order valence-corrected chi connectivity index (χ3v) is 2.56. The molecule has 1 rings (SSSR count). The number of rotatable bonds is 4. The van der Waals surface area contributed by atoms with Crippen molar-refractivity contribution in [3.8, 4) is 0 Å². The first-order valence-electron chi connectivity index (χ1n) is 4.57. The second-order valence-corrected chi connectivity index (χ2v) is 3.72. The molecule has 1 aromatic rings. The Bertz CT molecular complexity index is 439. The third kappa shape index (κ3) is 2.93. The Morgan fingerprint density at radius 1 is 1.29 bits per heavy atom. The van der Waals surface area contributed by atoms with Gasteiger partial charge in [-0.3, -0.25) is 0 Å². The van der Waals surface area contributed by atoms with E-state index in [2.05, 4.69) is 12.6 Å². The van der Waals surface area contributed by atoms with Crippen molar-refractivity contribution in [1.82, 2.24) is 0 Å². The zero-order valence-corrected chi connectivity index (χ0v) is 9.36. The van der Waals surface area contributed by atoms with Crippen molar-refractivity contribution < 1.29 is 28.9 Å². The van der Waals surface area contributed by atoms with Crippen molar-refractivity contribution >= 4 is 18.6 Å². The highest BCUT2D eigenvalue weighted by Crippen LogP contribution is 2.24. The molecule has 2 atom stereocenters. The maximum atomic E-state index is 13.3. The number of benzene rings is 1. The van der Waals surface area contributed by atoms with Gasteiger partial charge in [0.25, 0.3) is 0 Å². The molecule has 0 aliphatic carbocycles. The van der Waals surface area contributed by atoms with Gasteiger partial charge in [-0.25, -0.2) is 13.6 Å². The highest BCUT2D eigenvalue weighted by molar-refractivity contribution is 7.80. The van der Waals surface area contributed by atoms with E-state index in [0.29, 0.717) is 12.1 Å². The zero-order chi connectivity index (χ0) is 13.2. The van der Waals surface area contributed by atoms with E-state index in [-0.39, 0.29) is 5.75 Å². The topological polar surface area (TPSA) is 77.8 Å². The van der Waals surface area contributed by atoms with Crippen molar-refractivity contribution in [1.29, 1.82) is 0 Å². The van der Waals surface area contributed by atoms with Gasteiger partial charge < -0.3 is 15.3 Å². The summed E-state index contributed by atoms with van der Waals surface area (Å²) < 4.78 is 26.4. The molecule has 94 valence electrons. The number of aromatic carboxylic acids is 1. The first-order chi connectivity index (χ1) is 7.88. The number of aliphatic hydroxyl groups is 2. The molecule has 7 heteroatoms. The predicted molar refractivity (Wildman–Crippen MR) is 58.1 cm³/mol. The van der Waals surface area contributed by atoms with E-state index in [4.69, 9.17) is 5.11 Å². The lowest BCUT2D eigenvalue weighted by molar-refractivity contribution is 0.0313. The quantitative estimate of drug-likeness (QED) is 0.612. The molecule has 0 saturated carbocycles. The fraction of sp³-hybridized carbons (Fsp3) is 0.300. The van der Waals surface area contributed by atoms with Gasteiger partial charge in [0.1, 0.15) is 17.7 Å². The van der Waals surface area contributed by atoms with Gasteiger partial charge >= 0.3 is 5.97 Å². The Kier molecular flexibility index (Phi) is 4.44. The molecular weight excluding hydrogens is 254 g/mol. The van der Waals surface area contributed by atoms with E-state index in [1.165, 1.54) is 0 Å². The van der Waals surface area contributed by atoms with Crippen molar-refractivity contribution in [3.63, 3.8) is 0 Å². The van der Waals surface area contributed by atoms with Crippen molar-refractivity contribution in [2.45, 2.75) is 12.2 Å². The van der Waals surface area contributed by atoms with Crippen LogP contribution in [0.15, 0.2) is 12.1 Å². The average Bonchev–Trinajstić information content (AvgIpc) is 2.26. The second kappa shape index (κ2) is 5.44. The number of carboxylic acid groups (broad SMARTS) is 1. The Hall–Kier alpha value is -1.18. The molecule has 0 aromatic heterocycles. The minimum Gasteiger partial charge on any atom is -0.478 e. The van der Waals surface area contributed by atoms with Gasteiger partial charge in [-0.05, 0) is 6.07 Å². The first-order valence-corrected chi connectivity index (χ1v) is 5.21. The zero-order valence-electron chi connectivity index (χ0n) is 8.47. The van der Waals surface area contributed by atoms with Gasteiger partial charge in [-0.2, -0.15) is 12.6 Å². The van der Waals surface area contributed by atoms with E-state index in [1.807, 2.05) is 0 Å². The van der Waals surface area contributed by atoms with Crippen LogP contribution in [0.1, 0.15) is 22.0 Å². The standard InChI is InChI=1S/C10H10F2O4S/c11-6-2-7(12)5(10(15)16)1-4(6)9(14)8(13)3-17/h1-2,8-9,13-14,17H,3H2,(H,15,16). The number of carboxylic acids is 1. The Labute approximate surface area is 101 Å². The van der Waals surface area contributed by atoms with E-state index < -0.39 is 40.9 Å². The highest BCUT2D eigenvalue weighted by Gasteiger charge is 2.24. The fourth-order valence-corrected chi connectivity index (χ4v) is 1.46. The van der Waals surface area contributed by atoms with Gasteiger partial charge in [0.2, 0.25) is 0 Å². The molecule has 1 aromatic carbocycles. The molecule has 17 heavy (non-hydrogen) atoms. The minimum absolute atomic E-state index is 0.152. The van der Waals surface area contributed by atoms with Gasteiger partial charge in [0, 0.05) is 17.4 Å². The van der Waals surface area contributed by atoms with Gasteiger partial charge in [-0.15, -0.1) is 0 Å². The van der Waals surface area contributed by atoms with Gasteiger partial charge in [-0.1, -0.05) is 0 Å². The molecule has 0 aliphatic heterocycles. The number of thiol groups is 1. The normalized spacial score (nSPS) is 14.4. The summed E-state index contributed by atoms with van der Waals surface area (Å²) in [6.07, 6.45) is -3.04. The summed E-state index contributed by atoms with van der Waals surface area (Å²) in [7, 11) is 0. The maximum absolute atomic E-state index is 13.3. The molecule has 0 spiro atoms. The largest absolute Gasteiger partial charge is 0.478 e. The molecule has 4 nitrogen and oxygen atoms in total. The molecule has 0 bridgehead atoms. The lowest BCUT2D eigenvalue weighted by Gasteiger charge is -2.17. The SMILES string of the molecule is O=C(O)c1cc(C(O)C(O)CS)c(F)cc1F. The van der Waals surface area contributed by atoms with Crippen molar-refractivity contribution in [2.24, 2.45) is 0 Å². The molecule has 0 amide bonds. The molecular formula is C10H10F2O4S. The summed E-state index contributed by atoms with van der Waals surface area (Å²) in [6, 6.07) is 1.01. The van der Waals surface area contributed by atoms with Crippen LogP contribution in [0, 0.1) is 11.6 Å². The fourth-order valence-electron chi connectivity index (χ4n) is 1.26. The second-order valence-electron chi connectivity index (χ2n) is 3.35. The minimum atomic E-state index is -1.66. The molecule has 0 heterocycles. The van der Waals surface area contributed by atoms with Gasteiger partial charge in [0.05, 0.1) is 11.7 Å². The number of hydrogen-bond donors (Lipinski definition) is 4. The monoisotopic (exact) mass is 264 g/mol. The summed E-state index contributed by atoms with van der Waals surface area (Å²) >= 11 is 3.70. The smallest absolute Gasteiger partial charge is 0.338 e.